The Balaban J connectivity index is 2.88. The van der Waals surface area contributed by atoms with E-state index in [0.717, 1.165) is 0 Å². The van der Waals surface area contributed by atoms with Crippen molar-refractivity contribution in [3.63, 3.8) is 0 Å². The third-order valence-electron chi connectivity index (χ3n) is 1.95. The first-order chi connectivity index (χ1) is 7.78. The van der Waals surface area contributed by atoms with Crippen LogP contribution >= 0.6 is 11.6 Å². The van der Waals surface area contributed by atoms with Gasteiger partial charge >= 0.3 is 0 Å². The summed E-state index contributed by atoms with van der Waals surface area (Å²) in [6.45, 7) is -1.99. The lowest BCUT2D eigenvalue weighted by Gasteiger charge is -2.15. The minimum absolute atomic E-state index is 0.0314. The van der Waals surface area contributed by atoms with Gasteiger partial charge in [-0.2, -0.15) is 0 Å². The zero-order valence-corrected chi connectivity index (χ0v) is 10.2. The summed E-state index contributed by atoms with van der Waals surface area (Å²) in [5.74, 6) is -3.28. The predicted molar refractivity (Wildman–Crippen MR) is 60.6 cm³/mol. The highest BCUT2D eigenvalue weighted by Gasteiger charge is 2.29. The average Bonchev–Trinajstić information content (AvgIpc) is 2.27. The van der Waals surface area contributed by atoms with Gasteiger partial charge in [0.25, 0.3) is 5.92 Å². The summed E-state index contributed by atoms with van der Waals surface area (Å²) >= 11 is 5.66. The molecule has 0 saturated heterocycles. The molecule has 0 aromatic heterocycles. The highest BCUT2D eigenvalue weighted by Crippen LogP contribution is 2.20. The van der Waals surface area contributed by atoms with E-state index in [1.807, 2.05) is 0 Å². The number of alkyl halides is 2. The van der Waals surface area contributed by atoms with Gasteiger partial charge in [-0.15, -0.1) is 0 Å². The molecule has 3 N–H and O–H groups in total. The molecule has 0 radical (unpaired) electrons. The van der Waals surface area contributed by atoms with E-state index in [4.69, 9.17) is 17.3 Å². The maximum absolute atomic E-state index is 12.8. The van der Waals surface area contributed by atoms with Crippen LogP contribution < -0.4 is 10.5 Å². The second-order valence-electron chi connectivity index (χ2n) is 3.32. The van der Waals surface area contributed by atoms with Crippen LogP contribution in [-0.2, 0) is 10.0 Å². The molecule has 0 atom stereocenters. The zero-order valence-electron chi connectivity index (χ0n) is 8.66. The van der Waals surface area contributed by atoms with Gasteiger partial charge in [-0.1, -0.05) is 23.7 Å². The molecule has 4 nitrogen and oxygen atoms in total. The SMILES string of the molecule is NCC(F)(F)CNS(=O)(=O)c1ccccc1Cl. The molecule has 1 rings (SSSR count). The van der Waals surface area contributed by atoms with E-state index >= 15 is 0 Å². The van der Waals surface area contributed by atoms with Gasteiger partial charge in [0.05, 0.1) is 18.1 Å². The van der Waals surface area contributed by atoms with E-state index in [-0.39, 0.29) is 9.92 Å². The number of nitrogens with two attached hydrogens (primary N) is 1. The maximum Gasteiger partial charge on any atom is 0.273 e. The lowest BCUT2D eigenvalue weighted by molar-refractivity contribution is 0.0170. The number of hydrogen-bond acceptors (Lipinski definition) is 3. The van der Waals surface area contributed by atoms with Crippen LogP contribution in [0.3, 0.4) is 0 Å². The van der Waals surface area contributed by atoms with E-state index in [1.165, 1.54) is 24.3 Å². The van der Waals surface area contributed by atoms with Gasteiger partial charge in [0, 0.05) is 0 Å². The second kappa shape index (κ2) is 5.26. The Hall–Kier alpha value is -0.760. The molecule has 1 aromatic rings. The Kier molecular flexibility index (Phi) is 4.42. The molecule has 0 amide bonds. The number of nitrogens with one attached hydrogen (secondary N) is 1. The third-order valence-corrected chi connectivity index (χ3v) is 3.85. The fraction of sp³-hybridized carbons (Fsp3) is 0.333. The van der Waals surface area contributed by atoms with Gasteiger partial charge < -0.3 is 5.73 Å². The summed E-state index contributed by atoms with van der Waals surface area (Å²) in [5, 5.41) is -0.0314. The molecule has 0 spiro atoms. The van der Waals surface area contributed by atoms with E-state index in [1.54, 1.807) is 4.72 Å². The van der Waals surface area contributed by atoms with Crippen molar-refractivity contribution in [3.05, 3.63) is 29.3 Å². The fourth-order valence-corrected chi connectivity index (χ4v) is 2.59. The standard InChI is InChI=1S/C9H11ClF2N2O2S/c10-7-3-1-2-4-8(7)17(15,16)14-6-9(11,12)5-13/h1-4,14H,5-6,13H2. The van der Waals surface area contributed by atoms with Crippen molar-refractivity contribution in [3.8, 4) is 0 Å². The Morgan fingerprint density at radius 2 is 1.94 bits per heavy atom. The maximum atomic E-state index is 12.8. The van der Waals surface area contributed by atoms with Crippen LogP contribution in [0.1, 0.15) is 0 Å². The van der Waals surface area contributed by atoms with Crippen LogP contribution in [0.15, 0.2) is 29.2 Å². The molecule has 17 heavy (non-hydrogen) atoms. The molecule has 0 aliphatic heterocycles. The van der Waals surface area contributed by atoms with Crippen LogP contribution in [0.4, 0.5) is 8.78 Å². The molecule has 0 unspecified atom stereocenters. The Morgan fingerprint density at radius 1 is 1.35 bits per heavy atom. The number of hydrogen-bond donors (Lipinski definition) is 2. The van der Waals surface area contributed by atoms with E-state index < -0.39 is 29.0 Å². The molecule has 0 aliphatic carbocycles. The summed E-state index contributed by atoms with van der Waals surface area (Å²) < 4.78 is 50.7. The van der Waals surface area contributed by atoms with Crippen molar-refractivity contribution in [2.45, 2.75) is 10.8 Å². The number of rotatable bonds is 5. The molecule has 0 aliphatic rings. The van der Waals surface area contributed by atoms with Crippen molar-refractivity contribution < 1.29 is 17.2 Å². The van der Waals surface area contributed by atoms with Crippen molar-refractivity contribution >= 4 is 21.6 Å². The molecule has 0 fully saturated rings. The summed E-state index contributed by atoms with van der Waals surface area (Å²) in [4.78, 5) is -0.241. The first-order valence-electron chi connectivity index (χ1n) is 4.60. The van der Waals surface area contributed by atoms with Crippen LogP contribution in [0, 0.1) is 0 Å². The van der Waals surface area contributed by atoms with Crippen molar-refractivity contribution in [1.29, 1.82) is 0 Å². The zero-order chi connectivity index (χ0) is 13.1. The summed E-state index contributed by atoms with van der Waals surface area (Å²) in [7, 11) is -4.05. The van der Waals surface area contributed by atoms with E-state index in [9.17, 15) is 17.2 Å². The van der Waals surface area contributed by atoms with Crippen LogP contribution in [-0.4, -0.2) is 27.4 Å². The predicted octanol–water partition coefficient (Wildman–Crippen LogP) is 1.21. The summed E-state index contributed by atoms with van der Waals surface area (Å²) in [6.07, 6.45) is 0. The van der Waals surface area contributed by atoms with Gasteiger partial charge in [-0.05, 0) is 12.1 Å². The minimum atomic E-state index is -4.05. The quantitative estimate of drug-likeness (QED) is 0.854. The smallest absolute Gasteiger partial charge is 0.273 e. The minimum Gasteiger partial charge on any atom is -0.325 e. The first kappa shape index (κ1) is 14.3. The monoisotopic (exact) mass is 284 g/mol. The fourth-order valence-electron chi connectivity index (χ4n) is 1.01. The number of benzene rings is 1. The van der Waals surface area contributed by atoms with Crippen molar-refractivity contribution in [2.24, 2.45) is 5.73 Å². The molecule has 8 heteroatoms. The summed E-state index contributed by atoms with van der Waals surface area (Å²) in [5.41, 5.74) is 4.79. The third kappa shape index (κ3) is 3.88. The number of halogens is 3. The normalized spacial score (nSPS) is 12.7. The molecule has 0 saturated carbocycles. The molecule has 1 aromatic carbocycles. The van der Waals surface area contributed by atoms with Crippen LogP contribution in [0.25, 0.3) is 0 Å². The Labute approximate surface area is 103 Å². The molecule has 0 bridgehead atoms. The second-order valence-corrected chi connectivity index (χ2v) is 5.46. The van der Waals surface area contributed by atoms with Gasteiger partial charge in [0.15, 0.2) is 0 Å². The highest BCUT2D eigenvalue weighted by molar-refractivity contribution is 7.89. The van der Waals surface area contributed by atoms with Crippen molar-refractivity contribution in [1.82, 2.24) is 4.72 Å². The Bertz CT molecular complexity index is 494. The van der Waals surface area contributed by atoms with Gasteiger partial charge in [0.1, 0.15) is 4.90 Å². The molecule has 96 valence electrons. The van der Waals surface area contributed by atoms with Gasteiger partial charge in [-0.25, -0.2) is 21.9 Å². The largest absolute Gasteiger partial charge is 0.325 e. The van der Waals surface area contributed by atoms with E-state index in [0.29, 0.717) is 0 Å². The Morgan fingerprint density at radius 3 is 2.47 bits per heavy atom. The lowest BCUT2D eigenvalue weighted by Crippen LogP contribution is -2.41. The molecule has 0 heterocycles. The van der Waals surface area contributed by atoms with Crippen LogP contribution in [0.5, 0.6) is 0 Å². The van der Waals surface area contributed by atoms with Crippen molar-refractivity contribution in [2.75, 3.05) is 13.1 Å². The molecular weight excluding hydrogens is 274 g/mol. The summed E-state index contributed by atoms with van der Waals surface area (Å²) in [6, 6.07) is 5.57. The lowest BCUT2D eigenvalue weighted by atomic mass is 10.3. The number of sulfonamides is 1. The van der Waals surface area contributed by atoms with Gasteiger partial charge in [0.2, 0.25) is 10.0 Å². The van der Waals surface area contributed by atoms with Crippen LogP contribution in [0.2, 0.25) is 5.02 Å². The topological polar surface area (TPSA) is 72.2 Å². The van der Waals surface area contributed by atoms with Gasteiger partial charge in [-0.3, -0.25) is 0 Å². The van der Waals surface area contributed by atoms with E-state index in [2.05, 4.69) is 0 Å². The average molecular weight is 285 g/mol. The molecular formula is C9H11ClF2N2O2S. The first-order valence-corrected chi connectivity index (χ1v) is 6.47. The highest BCUT2D eigenvalue weighted by atomic mass is 35.5.